The van der Waals surface area contributed by atoms with Crippen molar-refractivity contribution in [3.05, 3.63) is 59.1 Å². The number of carbonyl (C=O) groups is 1. The summed E-state index contributed by atoms with van der Waals surface area (Å²) in [5.41, 5.74) is 6.36. The minimum absolute atomic E-state index is 0.0459. The van der Waals surface area contributed by atoms with Crippen LogP contribution >= 0.6 is 0 Å². The van der Waals surface area contributed by atoms with Crippen LogP contribution in [0.25, 0.3) is 22.1 Å². The molecule has 4 rings (SSSR count). The maximum atomic E-state index is 14.4. The van der Waals surface area contributed by atoms with E-state index in [0.717, 1.165) is 6.07 Å². The van der Waals surface area contributed by atoms with Gasteiger partial charge < -0.3 is 19.8 Å². The van der Waals surface area contributed by atoms with Crippen LogP contribution < -0.4 is 5.73 Å². The average molecular weight is 436 g/mol. The Balaban J connectivity index is 1.78. The van der Waals surface area contributed by atoms with E-state index in [0.29, 0.717) is 48.6 Å². The van der Waals surface area contributed by atoms with Gasteiger partial charge in [-0.15, -0.1) is 0 Å². The van der Waals surface area contributed by atoms with E-state index in [2.05, 4.69) is 0 Å². The summed E-state index contributed by atoms with van der Waals surface area (Å²) >= 11 is 0. The Hall–Kier alpha value is -2.91. The monoisotopic (exact) mass is 436 g/mol. The highest BCUT2D eigenvalue weighted by molar-refractivity contribution is 5.96. The number of benzene rings is 2. The molecule has 1 fully saturated rings. The molecule has 1 aliphatic heterocycles. The molecule has 2 aromatic carbocycles. The molecular weight excluding hydrogens is 416 g/mol. The fourth-order valence-corrected chi connectivity index (χ4v) is 3.70. The zero-order valence-electron chi connectivity index (χ0n) is 16.5. The highest BCUT2D eigenvalue weighted by atomic mass is 19.4. The van der Waals surface area contributed by atoms with E-state index in [1.165, 1.54) is 23.1 Å². The average Bonchev–Trinajstić information content (AvgIpc) is 3.17. The molecule has 0 unspecified atom stereocenters. The summed E-state index contributed by atoms with van der Waals surface area (Å²) in [5, 5.41) is 0.461. The third-order valence-corrected chi connectivity index (χ3v) is 5.16. The number of furan rings is 1. The number of carbonyl (C=O) groups excluding carboxylic acids is 1. The maximum Gasteiger partial charge on any atom is 0.393 e. The number of hydrogen-bond donors (Lipinski definition) is 1. The second-order valence-electron chi connectivity index (χ2n) is 7.36. The zero-order valence-corrected chi connectivity index (χ0v) is 16.5. The van der Waals surface area contributed by atoms with Gasteiger partial charge in [0.2, 0.25) is 0 Å². The smallest absolute Gasteiger partial charge is 0.393 e. The number of rotatable bonds is 4. The molecule has 3 aromatic rings. The standard InChI is InChI=1S/C22H20F4N2O3/c23-19-2-1-13(10-18(19)21(29)28-3-5-30-6-4-28)14-7-15-9-17(12-27)31-20(15)16(8-14)11-22(24,25)26/h1-2,7-10H,3-6,11-12,27H2. The summed E-state index contributed by atoms with van der Waals surface area (Å²) in [6.45, 7) is 1.48. The summed E-state index contributed by atoms with van der Waals surface area (Å²) < 4.78 is 64.6. The molecule has 9 heteroatoms. The van der Waals surface area contributed by atoms with Crippen molar-refractivity contribution < 1.29 is 31.5 Å². The van der Waals surface area contributed by atoms with Crippen LogP contribution in [0.15, 0.2) is 40.8 Å². The summed E-state index contributed by atoms with van der Waals surface area (Å²) in [4.78, 5) is 14.3. The van der Waals surface area contributed by atoms with Crippen LogP contribution in [0.1, 0.15) is 21.7 Å². The number of alkyl halides is 3. The fraction of sp³-hybridized carbons (Fsp3) is 0.318. The lowest BCUT2D eigenvalue weighted by molar-refractivity contribution is -0.127. The molecule has 0 atom stereocenters. The first kappa shape index (κ1) is 21.3. The van der Waals surface area contributed by atoms with Gasteiger partial charge in [0.15, 0.2) is 0 Å². The molecule has 0 spiro atoms. The van der Waals surface area contributed by atoms with Crippen molar-refractivity contribution in [1.82, 2.24) is 4.90 Å². The van der Waals surface area contributed by atoms with Crippen molar-refractivity contribution in [1.29, 1.82) is 0 Å². The Bertz CT molecular complexity index is 1120. The van der Waals surface area contributed by atoms with Crippen LogP contribution in [0.5, 0.6) is 0 Å². The van der Waals surface area contributed by atoms with Crippen molar-refractivity contribution in [2.75, 3.05) is 26.3 Å². The minimum Gasteiger partial charge on any atom is -0.459 e. The molecule has 1 amide bonds. The van der Waals surface area contributed by atoms with Crippen LogP contribution in [0.3, 0.4) is 0 Å². The molecular formula is C22H20F4N2O3. The molecule has 1 aliphatic rings. The van der Waals surface area contributed by atoms with Crippen molar-refractivity contribution in [2.24, 2.45) is 5.73 Å². The third kappa shape index (κ3) is 4.57. The van der Waals surface area contributed by atoms with Gasteiger partial charge in [-0.25, -0.2) is 4.39 Å². The first-order valence-electron chi connectivity index (χ1n) is 9.74. The largest absolute Gasteiger partial charge is 0.459 e. The molecule has 5 nitrogen and oxygen atoms in total. The van der Waals surface area contributed by atoms with Gasteiger partial charge in [-0.05, 0) is 41.5 Å². The van der Waals surface area contributed by atoms with Crippen molar-refractivity contribution >= 4 is 16.9 Å². The van der Waals surface area contributed by atoms with E-state index in [4.69, 9.17) is 14.9 Å². The van der Waals surface area contributed by atoms with Gasteiger partial charge in [-0.1, -0.05) is 6.07 Å². The van der Waals surface area contributed by atoms with Gasteiger partial charge in [-0.3, -0.25) is 4.79 Å². The second kappa shape index (κ2) is 8.32. The highest BCUT2D eigenvalue weighted by Crippen LogP contribution is 2.34. The van der Waals surface area contributed by atoms with Crippen LogP contribution in [0.2, 0.25) is 0 Å². The zero-order chi connectivity index (χ0) is 22.2. The molecule has 0 radical (unpaired) electrons. The van der Waals surface area contributed by atoms with Crippen molar-refractivity contribution in [3.63, 3.8) is 0 Å². The molecule has 0 aliphatic carbocycles. The highest BCUT2D eigenvalue weighted by Gasteiger charge is 2.30. The number of halogens is 4. The van der Waals surface area contributed by atoms with Gasteiger partial charge in [-0.2, -0.15) is 13.2 Å². The summed E-state index contributed by atoms with van der Waals surface area (Å²) in [5.74, 6) is -0.809. The Morgan fingerprint density at radius 2 is 1.81 bits per heavy atom. The summed E-state index contributed by atoms with van der Waals surface area (Å²) in [7, 11) is 0. The van der Waals surface area contributed by atoms with Crippen molar-refractivity contribution in [3.8, 4) is 11.1 Å². The molecule has 2 heterocycles. The Morgan fingerprint density at radius 3 is 2.48 bits per heavy atom. The number of fused-ring (bicyclic) bond motifs is 1. The van der Waals surface area contributed by atoms with E-state index in [1.807, 2.05) is 0 Å². The lowest BCUT2D eigenvalue weighted by atomic mass is 9.97. The lowest BCUT2D eigenvalue weighted by Crippen LogP contribution is -2.41. The maximum absolute atomic E-state index is 14.4. The summed E-state index contributed by atoms with van der Waals surface area (Å²) in [6, 6.07) is 8.55. The topological polar surface area (TPSA) is 68.7 Å². The van der Waals surface area contributed by atoms with E-state index >= 15 is 0 Å². The number of ether oxygens (including phenoxy) is 1. The van der Waals surface area contributed by atoms with Gasteiger partial charge in [0, 0.05) is 24.0 Å². The molecule has 0 saturated carbocycles. The van der Waals surface area contributed by atoms with Crippen molar-refractivity contribution in [2.45, 2.75) is 19.1 Å². The van der Waals surface area contributed by atoms with Crippen LogP contribution in [-0.4, -0.2) is 43.3 Å². The first-order valence-corrected chi connectivity index (χ1v) is 9.74. The molecule has 1 aromatic heterocycles. The second-order valence-corrected chi connectivity index (χ2v) is 7.36. The molecule has 2 N–H and O–H groups in total. The van der Waals surface area contributed by atoms with Crippen LogP contribution in [-0.2, 0) is 17.7 Å². The van der Waals surface area contributed by atoms with E-state index in [-0.39, 0.29) is 23.3 Å². The number of nitrogens with two attached hydrogens (primary N) is 1. The summed E-state index contributed by atoms with van der Waals surface area (Å²) in [6.07, 6.45) is -5.63. The van der Waals surface area contributed by atoms with E-state index < -0.39 is 24.3 Å². The Morgan fingerprint density at radius 1 is 1.06 bits per heavy atom. The number of morpholine rings is 1. The molecule has 1 saturated heterocycles. The normalized spacial score (nSPS) is 14.9. The molecule has 164 valence electrons. The quantitative estimate of drug-likeness (QED) is 0.620. The van der Waals surface area contributed by atoms with Crippen LogP contribution in [0, 0.1) is 5.82 Å². The minimum atomic E-state index is -4.44. The van der Waals surface area contributed by atoms with Gasteiger partial charge in [0.25, 0.3) is 5.91 Å². The lowest BCUT2D eigenvalue weighted by Gasteiger charge is -2.27. The van der Waals surface area contributed by atoms with Gasteiger partial charge >= 0.3 is 6.18 Å². The van der Waals surface area contributed by atoms with Crippen LogP contribution in [0.4, 0.5) is 17.6 Å². The van der Waals surface area contributed by atoms with Gasteiger partial charge in [0.05, 0.1) is 31.7 Å². The number of nitrogens with zero attached hydrogens (tertiary/aromatic N) is 1. The van der Waals surface area contributed by atoms with Gasteiger partial charge in [0.1, 0.15) is 17.2 Å². The number of amides is 1. The third-order valence-electron chi connectivity index (χ3n) is 5.16. The number of hydrogen-bond acceptors (Lipinski definition) is 4. The van der Waals surface area contributed by atoms with E-state index in [1.54, 1.807) is 12.1 Å². The fourth-order valence-electron chi connectivity index (χ4n) is 3.70. The predicted molar refractivity (Wildman–Crippen MR) is 106 cm³/mol. The molecule has 31 heavy (non-hydrogen) atoms. The SMILES string of the molecule is NCc1cc2cc(-c3ccc(F)c(C(=O)N4CCOCC4)c3)cc(CC(F)(F)F)c2o1. The first-order chi connectivity index (χ1) is 14.7. The van der Waals surface area contributed by atoms with E-state index in [9.17, 15) is 22.4 Å². The Kier molecular flexibility index (Phi) is 5.72. The Labute approximate surface area is 175 Å². The molecule has 0 bridgehead atoms. The predicted octanol–water partition coefficient (Wildman–Crippen LogP) is 4.27.